The molecule has 2 aromatic rings. The zero-order valence-electron chi connectivity index (χ0n) is 12.5. The highest BCUT2D eigenvalue weighted by Crippen LogP contribution is 2.38. The van der Waals surface area contributed by atoms with Gasteiger partial charge in [0.1, 0.15) is 18.1 Å². The van der Waals surface area contributed by atoms with Crippen LogP contribution in [0.1, 0.15) is 21.5 Å². The Labute approximate surface area is 128 Å². The average molecular weight is 296 g/mol. The Balaban J connectivity index is 2.13. The number of ether oxygens (including phenoxy) is 3. The fourth-order valence-corrected chi connectivity index (χ4v) is 2.56. The average Bonchev–Trinajstić information content (AvgIpc) is 2.60. The van der Waals surface area contributed by atoms with Gasteiger partial charge >= 0.3 is 5.97 Å². The van der Waals surface area contributed by atoms with E-state index < -0.39 is 0 Å². The maximum atomic E-state index is 11.8. The molecule has 0 N–H and O–H groups in total. The van der Waals surface area contributed by atoms with Gasteiger partial charge in [0, 0.05) is 11.1 Å². The van der Waals surface area contributed by atoms with Crippen LogP contribution in [0.3, 0.4) is 0 Å². The lowest BCUT2D eigenvalue weighted by atomic mass is 9.93. The molecule has 4 nitrogen and oxygen atoms in total. The van der Waals surface area contributed by atoms with Crippen molar-refractivity contribution in [2.75, 3.05) is 20.8 Å². The van der Waals surface area contributed by atoms with Gasteiger partial charge in [-0.2, -0.15) is 0 Å². The second kappa shape index (κ2) is 5.93. The van der Waals surface area contributed by atoms with Gasteiger partial charge in [0.2, 0.25) is 0 Å². The summed E-state index contributed by atoms with van der Waals surface area (Å²) in [7, 11) is 3.01. The van der Waals surface area contributed by atoms with Gasteiger partial charge in [0.25, 0.3) is 0 Å². The minimum atomic E-state index is -0.368. The van der Waals surface area contributed by atoms with E-state index in [2.05, 4.69) is 0 Å². The normalized spacial score (nSPS) is 12.7. The summed E-state index contributed by atoms with van der Waals surface area (Å²) in [5.74, 6) is 1.16. The predicted octanol–water partition coefficient (Wildman–Crippen LogP) is 3.31. The van der Waals surface area contributed by atoms with E-state index in [4.69, 9.17) is 14.2 Å². The molecule has 112 valence electrons. The number of hydrogen-bond acceptors (Lipinski definition) is 4. The van der Waals surface area contributed by atoms with Crippen LogP contribution in [-0.4, -0.2) is 26.8 Å². The van der Waals surface area contributed by atoms with Crippen LogP contribution in [0.4, 0.5) is 0 Å². The summed E-state index contributed by atoms with van der Waals surface area (Å²) in [6.45, 7) is 0.484. The van der Waals surface area contributed by atoms with Crippen LogP contribution in [-0.2, 0) is 4.74 Å². The van der Waals surface area contributed by atoms with Gasteiger partial charge in [-0.05, 0) is 35.9 Å². The van der Waals surface area contributed by atoms with E-state index in [0.29, 0.717) is 12.2 Å². The Kier molecular flexibility index (Phi) is 3.83. The Morgan fingerprint density at radius 3 is 2.68 bits per heavy atom. The summed E-state index contributed by atoms with van der Waals surface area (Å²) in [5, 5.41) is 0. The Bertz CT molecular complexity index is 747. The minimum Gasteiger partial charge on any atom is -0.496 e. The van der Waals surface area contributed by atoms with Crippen LogP contribution >= 0.6 is 0 Å². The van der Waals surface area contributed by atoms with E-state index in [-0.39, 0.29) is 5.97 Å². The van der Waals surface area contributed by atoms with Crippen LogP contribution in [0, 0.1) is 0 Å². The van der Waals surface area contributed by atoms with E-state index in [0.717, 1.165) is 28.2 Å². The van der Waals surface area contributed by atoms with Gasteiger partial charge in [-0.1, -0.05) is 18.2 Å². The van der Waals surface area contributed by atoms with E-state index >= 15 is 0 Å². The maximum Gasteiger partial charge on any atom is 0.337 e. The summed E-state index contributed by atoms with van der Waals surface area (Å²) in [6, 6.07) is 13.1. The zero-order valence-corrected chi connectivity index (χ0v) is 12.5. The molecular formula is C18H16O4. The highest BCUT2D eigenvalue weighted by Gasteiger charge is 2.20. The smallest absolute Gasteiger partial charge is 0.337 e. The van der Waals surface area contributed by atoms with Crippen molar-refractivity contribution in [2.24, 2.45) is 0 Å². The van der Waals surface area contributed by atoms with Crippen molar-refractivity contribution in [3.05, 3.63) is 65.2 Å². The Morgan fingerprint density at radius 1 is 1.09 bits per heavy atom. The molecule has 0 radical (unpaired) electrons. The molecule has 0 aromatic heterocycles. The van der Waals surface area contributed by atoms with Gasteiger partial charge < -0.3 is 14.2 Å². The summed E-state index contributed by atoms with van der Waals surface area (Å²) in [5.41, 5.74) is 3.31. The molecule has 0 saturated carbocycles. The fraction of sp³-hybridized carbons (Fsp3) is 0.167. The lowest BCUT2D eigenvalue weighted by Crippen LogP contribution is -2.09. The minimum absolute atomic E-state index is 0.368. The fourth-order valence-electron chi connectivity index (χ4n) is 2.56. The van der Waals surface area contributed by atoms with Crippen molar-refractivity contribution in [3.63, 3.8) is 0 Å². The third-order valence-electron chi connectivity index (χ3n) is 3.61. The van der Waals surface area contributed by atoms with E-state index in [1.165, 1.54) is 7.11 Å². The molecule has 0 saturated heterocycles. The van der Waals surface area contributed by atoms with E-state index in [9.17, 15) is 4.79 Å². The second-order valence-corrected chi connectivity index (χ2v) is 4.83. The topological polar surface area (TPSA) is 44.8 Å². The van der Waals surface area contributed by atoms with E-state index in [1.807, 2.05) is 30.3 Å². The van der Waals surface area contributed by atoms with E-state index in [1.54, 1.807) is 25.3 Å². The van der Waals surface area contributed by atoms with Gasteiger partial charge in [0.05, 0.1) is 19.8 Å². The first kappa shape index (κ1) is 14.2. The monoisotopic (exact) mass is 296 g/mol. The summed E-state index contributed by atoms with van der Waals surface area (Å²) in [6.07, 6.45) is 1.99. The summed E-state index contributed by atoms with van der Waals surface area (Å²) < 4.78 is 15.9. The third kappa shape index (κ3) is 2.44. The molecule has 4 heteroatoms. The Morgan fingerprint density at radius 2 is 1.91 bits per heavy atom. The van der Waals surface area contributed by atoms with Crippen molar-refractivity contribution < 1.29 is 19.0 Å². The van der Waals surface area contributed by atoms with Crippen LogP contribution in [0.15, 0.2) is 48.5 Å². The molecule has 0 atom stereocenters. The molecule has 1 aliphatic rings. The first-order valence-corrected chi connectivity index (χ1v) is 6.93. The number of esters is 1. The van der Waals surface area contributed by atoms with Gasteiger partial charge in [-0.25, -0.2) is 4.79 Å². The number of hydrogen-bond donors (Lipinski definition) is 0. The molecule has 1 heterocycles. The molecular weight excluding hydrogens is 280 g/mol. The summed E-state index contributed by atoms with van der Waals surface area (Å²) in [4.78, 5) is 11.8. The van der Waals surface area contributed by atoms with Crippen molar-refractivity contribution in [1.29, 1.82) is 0 Å². The SMILES string of the molecule is COC(=O)c1ccc2c(c1)C(c1ccccc1OC)=CCO2. The largest absolute Gasteiger partial charge is 0.496 e. The first-order chi connectivity index (χ1) is 10.7. The van der Waals surface area contributed by atoms with Crippen LogP contribution in [0.2, 0.25) is 0 Å². The van der Waals surface area contributed by atoms with Crippen molar-refractivity contribution >= 4 is 11.5 Å². The quantitative estimate of drug-likeness (QED) is 0.815. The lowest BCUT2D eigenvalue weighted by Gasteiger charge is -2.21. The number of carbonyl (C=O) groups is 1. The third-order valence-corrected chi connectivity index (χ3v) is 3.61. The molecule has 0 amide bonds. The Hall–Kier alpha value is -2.75. The second-order valence-electron chi connectivity index (χ2n) is 4.83. The van der Waals surface area contributed by atoms with Crippen molar-refractivity contribution in [2.45, 2.75) is 0 Å². The number of benzene rings is 2. The molecule has 2 aromatic carbocycles. The van der Waals surface area contributed by atoms with Gasteiger partial charge in [-0.3, -0.25) is 0 Å². The molecule has 22 heavy (non-hydrogen) atoms. The highest BCUT2D eigenvalue weighted by atomic mass is 16.5. The molecule has 0 bridgehead atoms. The van der Waals surface area contributed by atoms with Crippen LogP contribution in [0.5, 0.6) is 11.5 Å². The number of methoxy groups -OCH3 is 2. The molecule has 0 spiro atoms. The molecule has 0 unspecified atom stereocenters. The number of carbonyl (C=O) groups excluding carboxylic acids is 1. The molecule has 0 fully saturated rings. The number of para-hydroxylation sites is 1. The maximum absolute atomic E-state index is 11.8. The molecule has 0 aliphatic carbocycles. The molecule has 3 rings (SSSR count). The summed E-state index contributed by atoms with van der Waals surface area (Å²) >= 11 is 0. The van der Waals surface area contributed by atoms with Crippen LogP contribution in [0.25, 0.3) is 5.57 Å². The molecule has 1 aliphatic heterocycles. The van der Waals surface area contributed by atoms with Crippen molar-refractivity contribution in [3.8, 4) is 11.5 Å². The van der Waals surface area contributed by atoms with Crippen LogP contribution < -0.4 is 9.47 Å². The standard InChI is InChI=1S/C18H16O4/c1-20-16-6-4-3-5-14(16)13-9-10-22-17-8-7-12(11-15(13)17)18(19)21-2/h3-9,11H,10H2,1-2H3. The zero-order chi connectivity index (χ0) is 15.5. The number of rotatable bonds is 3. The lowest BCUT2D eigenvalue weighted by molar-refractivity contribution is 0.0600. The first-order valence-electron chi connectivity index (χ1n) is 6.93. The van der Waals surface area contributed by atoms with Gasteiger partial charge in [-0.15, -0.1) is 0 Å². The van der Waals surface area contributed by atoms with Gasteiger partial charge in [0.15, 0.2) is 0 Å². The predicted molar refractivity (Wildman–Crippen MR) is 83.3 cm³/mol. The highest BCUT2D eigenvalue weighted by molar-refractivity contribution is 5.93. The number of fused-ring (bicyclic) bond motifs is 1. The van der Waals surface area contributed by atoms with Crippen molar-refractivity contribution in [1.82, 2.24) is 0 Å².